The van der Waals surface area contributed by atoms with Crippen LogP contribution >= 0.6 is 0 Å². The second kappa shape index (κ2) is 9.82. The van der Waals surface area contributed by atoms with Crippen LogP contribution in [0.3, 0.4) is 0 Å². The van der Waals surface area contributed by atoms with E-state index in [0.29, 0.717) is 18.8 Å². The lowest BCUT2D eigenvalue weighted by Gasteiger charge is -2.18. The molecule has 5 nitrogen and oxygen atoms in total. The summed E-state index contributed by atoms with van der Waals surface area (Å²) in [7, 11) is 3.18. The van der Waals surface area contributed by atoms with Gasteiger partial charge in [0.05, 0.1) is 7.11 Å². The van der Waals surface area contributed by atoms with Gasteiger partial charge in [0, 0.05) is 25.2 Å². The van der Waals surface area contributed by atoms with Gasteiger partial charge in [-0.3, -0.25) is 4.79 Å². The number of ether oxygens (including phenoxy) is 2. The average Bonchev–Trinajstić information content (AvgIpc) is 2.62. The van der Waals surface area contributed by atoms with Crippen molar-refractivity contribution in [2.45, 2.75) is 19.6 Å². The molecule has 0 fully saturated rings. The monoisotopic (exact) mass is 382 g/mol. The number of benzene rings is 2. The number of anilines is 1. The molecule has 2 aromatic carbocycles. The molecule has 0 bridgehead atoms. The molecule has 0 heterocycles. The third kappa shape index (κ3) is 6.82. The lowest BCUT2D eigenvalue weighted by molar-refractivity contribution is -0.116. The maximum absolute atomic E-state index is 12.9. The van der Waals surface area contributed by atoms with E-state index in [4.69, 9.17) is 4.74 Å². The summed E-state index contributed by atoms with van der Waals surface area (Å²) in [5.74, 6) is -0.389. The van der Waals surface area contributed by atoms with E-state index in [1.807, 2.05) is 11.9 Å². The second-order valence-corrected chi connectivity index (χ2v) is 5.91. The molecule has 0 aliphatic rings. The molecule has 2 aromatic rings. The smallest absolute Gasteiger partial charge is 0.387 e. The maximum atomic E-state index is 12.9. The number of hydrogen-bond acceptors (Lipinski definition) is 4. The first kappa shape index (κ1) is 20.6. The molecule has 0 radical (unpaired) electrons. The summed E-state index contributed by atoms with van der Waals surface area (Å²) in [6.45, 7) is -2.06. The highest BCUT2D eigenvalue weighted by Crippen LogP contribution is 2.29. The Morgan fingerprint density at radius 2 is 1.85 bits per heavy atom. The molecule has 0 spiro atoms. The first-order chi connectivity index (χ1) is 12.9. The Labute approximate surface area is 155 Å². The standard InChI is InChI=1S/C19H21F3N2O3/c1-24(10-9-18(25)23-15-6-4-14(20)5-7-15)12-13-3-8-16(26-2)17(11-13)27-19(21)22/h3-8,11,19H,9-10,12H2,1-2H3,(H,23,25). The number of amides is 1. The fourth-order valence-electron chi connectivity index (χ4n) is 2.45. The lowest BCUT2D eigenvalue weighted by atomic mass is 10.2. The van der Waals surface area contributed by atoms with Crippen LogP contribution in [0.15, 0.2) is 42.5 Å². The van der Waals surface area contributed by atoms with Gasteiger partial charge >= 0.3 is 6.61 Å². The minimum atomic E-state index is -2.94. The number of nitrogens with zero attached hydrogens (tertiary/aromatic N) is 1. The van der Waals surface area contributed by atoms with Crippen LogP contribution < -0.4 is 14.8 Å². The molecule has 0 aliphatic carbocycles. The Bertz CT molecular complexity index is 754. The Kier molecular flexibility index (Phi) is 7.48. The van der Waals surface area contributed by atoms with E-state index in [1.165, 1.54) is 37.4 Å². The summed E-state index contributed by atoms with van der Waals surface area (Å²) in [6, 6.07) is 10.3. The van der Waals surface area contributed by atoms with Crippen molar-refractivity contribution in [2.75, 3.05) is 26.0 Å². The predicted octanol–water partition coefficient (Wildman–Crippen LogP) is 3.90. The fourth-order valence-corrected chi connectivity index (χ4v) is 2.45. The van der Waals surface area contributed by atoms with Crippen LogP contribution in [-0.4, -0.2) is 38.1 Å². The molecule has 0 saturated carbocycles. The van der Waals surface area contributed by atoms with Crippen molar-refractivity contribution in [1.29, 1.82) is 0 Å². The number of methoxy groups -OCH3 is 1. The number of alkyl halides is 2. The molecular formula is C19H21F3N2O3. The largest absolute Gasteiger partial charge is 0.493 e. The van der Waals surface area contributed by atoms with Crippen molar-refractivity contribution >= 4 is 11.6 Å². The first-order valence-corrected chi connectivity index (χ1v) is 8.23. The van der Waals surface area contributed by atoms with Gasteiger partial charge in [-0.2, -0.15) is 8.78 Å². The highest BCUT2D eigenvalue weighted by Gasteiger charge is 2.12. The molecule has 0 aliphatic heterocycles. The predicted molar refractivity (Wildman–Crippen MR) is 95.6 cm³/mol. The minimum Gasteiger partial charge on any atom is -0.493 e. The topological polar surface area (TPSA) is 50.8 Å². The van der Waals surface area contributed by atoms with Crippen LogP contribution in [0.5, 0.6) is 11.5 Å². The van der Waals surface area contributed by atoms with E-state index in [-0.39, 0.29) is 29.6 Å². The van der Waals surface area contributed by atoms with Crippen LogP contribution in [0, 0.1) is 5.82 Å². The van der Waals surface area contributed by atoms with Crippen LogP contribution in [0.25, 0.3) is 0 Å². The molecule has 146 valence electrons. The fraction of sp³-hybridized carbons (Fsp3) is 0.316. The summed E-state index contributed by atoms with van der Waals surface area (Å²) < 4.78 is 47.3. The molecule has 0 aromatic heterocycles. The van der Waals surface area contributed by atoms with Crippen molar-refractivity contribution < 1.29 is 27.4 Å². The van der Waals surface area contributed by atoms with E-state index < -0.39 is 6.61 Å². The number of hydrogen-bond donors (Lipinski definition) is 1. The Morgan fingerprint density at radius 3 is 2.48 bits per heavy atom. The summed E-state index contributed by atoms with van der Waals surface area (Å²) in [5, 5.41) is 2.68. The van der Waals surface area contributed by atoms with Crippen molar-refractivity contribution in [3.63, 3.8) is 0 Å². The van der Waals surface area contributed by atoms with Crippen molar-refractivity contribution in [1.82, 2.24) is 4.90 Å². The van der Waals surface area contributed by atoms with Gasteiger partial charge < -0.3 is 19.7 Å². The molecule has 2 rings (SSSR count). The van der Waals surface area contributed by atoms with Crippen molar-refractivity contribution in [2.24, 2.45) is 0 Å². The van der Waals surface area contributed by atoms with E-state index in [1.54, 1.807) is 12.1 Å². The van der Waals surface area contributed by atoms with Gasteiger partial charge in [-0.05, 0) is 49.0 Å². The van der Waals surface area contributed by atoms with Crippen LogP contribution in [-0.2, 0) is 11.3 Å². The lowest BCUT2D eigenvalue weighted by Crippen LogP contribution is -2.24. The Balaban J connectivity index is 1.86. The van der Waals surface area contributed by atoms with E-state index in [9.17, 15) is 18.0 Å². The molecular weight excluding hydrogens is 361 g/mol. The van der Waals surface area contributed by atoms with Gasteiger partial charge in [0.15, 0.2) is 11.5 Å². The zero-order valence-corrected chi connectivity index (χ0v) is 15.0. The summed E-state index contributed by atoms with van der Waals surface area (Å²) in [4.78, 5) is 13.8. The number of halogens is 3. The molecule has 8 heteroatoms. The normalized spacial score (nSPS) is 10.9. The third-order valence-corrected chi connectivity index (χ3v) is 3.75. The van der Waals surface area contributed by atoms with Crippen LogP contribution in [0.2, 0.25) is 0 Å². The van der Waals surface area contributed by atoms with Crippen LogP contribution in [0.1, 0.15) is 12.0 Å². The van der Waals surface area contributed by atoms with E-state index >= 15 is 0 Å². The van der Waals surface area contributed by atoms with Crippen LogP contribution in [0.4, 0.5) is 18.9 Å². The van der Waals surface area contributed by atoms with Gasteiger partial charge in [0.1, 0.15) is 5.82 Å². The third-order valence-electron chi connectivity index (χ3n) is 3.75. The Morgan fingerprint density at radius 1 is 1.15 bits per heavy atom. The minimum absolute atomic E-state index is 0.0348. The highest BCUT2D eigenvalue weighted by molar-refractivity contribution is 5.90. The zero-order valence-electron chi connectivity index (χ0n) is 15.0. The molecule has 27 heavy (non-hydrogen) atoms. The molecule has 1 amide bonds. The van der Waals surface area contributed by atoms with Crippen molar-refractivity contribution in [3.8, 4) is 11.5 Å². The van der Waals surface area contributed by atoms with Gasteiger partial charge in [-0.25, -0.2) is 4.39 Å². The average molecular weight is 382 g/mol. The van der Waals surface area contributed by atoms with Crippen molar-refractivity contribution in [3.05, 3.63) is 53.8 Å². The number of nitrogens with one attached hydrogen (secondary N) is 1. The highest BCUT2D eigenvalue weighted by atomic mass is 19.3. The Hall–Kier alpha value is -2.74. The quantitative estimate of drug-likeness (QED) is 0.715. The molecule has 0 unspecified atom stereocenters. The van der Waals surface area contributed by atoms with E-state index in [2.05, 4.69) is 10.1 Å². The SMILES string of the molecule is COc1ccc(CN(C)CCC(=O)Nc2ccc(F)cc2)cc1OC(F)F. The molecule has 1 N–H and O–H groups in total. The van der Waals surface area contributed by atoms with Gasteiger partial charge in [0.25, 0.3) is 0 Å². The number of carbonyl (C=O) groups excluding carboxylic acids is 1. The van der Waals surface area contributed by atoms with Gasteiger partial charge in [-0.1, -0.05) is 6.07 Å². The van der Waals surface area contributed by atoms with Gasteiger partial charge in [-0.15, -0.1) is 0 Å². The summed E-state index contributed by atoms with van der Waals surface area (Å²) >= 11 is 0. The first-order valence-electron chi connectivity index (χ1n) is 8.23. The number of rotatable bonds is 9. The maximum Gasteiger partial charge on any atom is 0.387 e. The zero-order chi connectivity index (χ0) is 19.8. The summed E-state index contributed by atoms with van der Waals surface area (Å²) in [6.07, 6.45) is 0.227. The summed E-state index contributed by atoms with van der Waals surface area (Å²) in [5.41, 5.74) is 1.26. The second-order valence-electron chi connectivity index (χ2n) is 5.91. The van der Waals surface area contributed by atoms with E-state index in [0.717, 1.165) is 5.56 Å². The van der Waals surface area contributed by atoms with Gasteiger partial charge in [0.2, 0.25) is 5.91 Å². The molecule has 0 atom stereocenters. The number of carbonyl (C=O) groups is 1. The molecule has 0 saturated heterocycles.